The van der Waals surface area contributed by atoms with Gasteiger partial charge in [-0.05, 0) is 30.7 Å². The fraction of sp³-hybridized carbons (Fsp3) is 0.118. The number of halogens is 1. The van der Waals surface area contributed by atoms with Crippen molar-refractivity contribution in [1.29, 1.82) is 0 Å². The van der Waals surface area contributed by atoms with E-state index in [0.29, 0.717) is 17.4 Å². The van der Waals surface area contributed by atoms with E-state index in [2.05, 4.69) is 0 Å². The van der Waals surface area contributed by atoms with Gasteiger partial charge in [-0.2, -0.15) is 0 Å². The van der Waals surface area contributed by atoms with Gasteiger partial charge in [0.15, 0.2) is 5.76 Å². The summed E-state index contributed by atoms with van der Waals surface area (Å²) in [6.07, 6.45) is 1.75. The van der Waals surface area contributed by atoms with Crippen LogP contribution in [-0.4, -0.2) is 5.78 Å². The second-order valence-electron chi connectivity index (χ2n) is 4.84. The minimum absolute atomic E-state index is 0.0683. The summed E-state index contributed by atoms with van der Waals surface area (Å²) in [6, 6.07) is 13.1. The highest BCUT2D eigenvalue weighted by Gasteiger charge is 2.23. The number of rotatable bonds is 1. The van der Waals surface area contributed by atoms with Crippen molar-refractivity contribution in [2.24, 2.45) is 0 Å². The Morgan fingerprint density at radius 3 is 2.65 bits per heavy atom. The molecule has 1 aliphatic rings. The summed E-state index contributed by atoms with van der Waals surface area (Å²) in [4.78, 5) is 12.4. The van der Waals surface area contributed by atoms with Crippen LogP contribution < -0.4 is 0 Å². The minimum Gasteiger partial charge on any atom is -0.485 e. The van der Waals surface area contributed by atoms with Crippen LogP contribution in [0.3, 0.4) is 0 Å². The van der Waals surface area contributed by atoms with Crippen LogP contribution in [0, 0.1) is 6.92 Å². The first-order chi connectivity index (χ1) is 9.63. The number of aryl methyl sites for hydroxylation is 1. The predicted octanol–water partition coefficient (Wildman–Crippen LogP) is 4.40. The van der Waals surface area contributed by atoms with Crippen LogP contribution in [-0.2, 0) is 11.3 Å². The zero-order valence-electron chi connectivity index (χ0n) is 11.0. The zero-order valence-corrected chi connectivity index (χ0v) is 11.8. The molecule has 2 aromatic carbocycles. The Bertz CT molecular complexity index is 699. The van der Waals surface area contributed by atoms with Crippen molar-refractivity contribution in [2.45, 2.75) is 13.5 Å². The standard InChI is InChI=1S/C17H13ClO2/c1-11-2-7-15-13(8-11)10-20-16(17(15)19)9-12-3-5-14(18)6-4-12/h2-9H,10H2,1H3. The van der Waals surface area contributed by atoms with Gasteiger partial charge in [-0.15, -0.1) is 0 Å². The summed E-state index contributed by atoms with van der Waals surface area (Å²) >= 11 is 5.85. The van der Waals surface area contributed by atoms with Gasteiger partial charge in [-0.3, -0.25) is 4.79 Å². The SMILES string of the molecule is Cc1ccc2c(c1)COC(=Cc1ccc(Cl)cc1)C2=O. The summed E-state index contributed by atoms with van der Waals surface area (Å²) in [6.45, 7) is 2.44. The Morgan fingerprint density at radius 1 is 1.15 bits per heavy atom. The van der Waals surface area contributed by atoms with Crippen LogP contribution in [0.25, 0.3) is 6.08 Å². The number of benzene rings is 2. The van der Waals surface area contributed by atoms with Crippen molar-refractivity contribution >= 4 is 23.5 Å². The van der Waals surface area contributed by atoms with Gasteiger partial charge >= 0.3 is 0 Å². The molecule has 0 saturated heterocycles. The molecule has 0 amide bonds. The number of fused-ring (bicyclic) bond motifs is 1. The first-order valence-corrected chi connectivity index (χ1v) is 6.75. The monoisotopic (exact) mass is 284 g/mol. The van der Waals surface area contributed by atoms with Crippen LogP contribution in [0.15, 0.2) is 48.2 Å². The molecule has 0 fully saturated rings. The number of hydrogen-bond acceptors (Lipinski definition) is 2. The zero-order chi connectivity index (χ0) is 14.1. The molecule has 0 bridgehead atoms. The van der Waals surface area contributed by atoms with Crippen molar-refractivity contribution in [3.63, 3.8) is 0 Å². The smallest absolute Gasteiger partial charge is 0.227 e. The molecule has 3 rings (SSSR count). The number of carbonyl (C=O) groups excluding carboxylic acids is 1. The lowest BCUT2D eigenvalue weighted by Gasteiger charge is -2.19. The lowest BCUT2D eigenvalue weighted by molar-refractivity contribution is 0.0871. The van der Waals surface area contributed by atoms with Crippen molar-refractivity contribution in [3.8, 4) is 0 Å². The molecular formula is C17H13ClO2. The molecule has 2 aromatic rings. The number of allylic oxidation sites excluding steroid dienone is 1. The van der Waals surface area contributed by atoms with Crippen LogP contribution in [0.1, 0.15) is 27.0 Å². The first-order valence-electron chi connectivity index (χ1n) is 6.38. The number of carbonyl (C=O) groups is 1. The highest BCUT2D eigenvalue weighted by molar-refractivity contribution is 6.30. The Labute approximate surface area is 122 Å². The van der Waals surface area contributed by atoms with Crippen molar-refractivity contribution in [2.75, 3.05) is 0 Å². The Hall–Kier alpha value is -2.06. The number of ether oxygens (including phenoxy) is 1. The van der Waals surface area contributed by atoms with Crippen LogP contribution in [0.4, 0.5) is 0 Å². The van der Waals surface area contributed by atoms with Gasteiger partial charge in [0.25, 0.3) is 0 Å². The minimum atomic E-state index is -0.0683. The second kappa shape index (κ2) is 5.14. The molecule has 0 atom stereocenters. The lowest BCUT2D eigenvalue weighted by atomic mass is 9.97. The molecule has 0 radical (unpaired) electrons. The van der Waals surface area contributed by atoms with Crippen molar-refractivity contribution < 1.29 is 9.53 Å². The summed E-state index contributed by atoms with van der Waals surface area (Å²) in [5, 5.41) is 0.670. The third-order valence-corrected chi connectivity index (χ3v) is 3.53. The molecule has 0 aromatic heterocycles. The molecule has 2 nitrogen and oxygen atoms in total. The number of ketones is 1. The van der Waals surface area contributed by atoms with Gasteiger partial charge < -0.3 is 4.74 Å². The summed E-state index contributed by atoms with van der Waals surface area (Å²) < 4.78 is 5.58. The van der Waals surface area contributed by atoms with Gasteiger partial charge in [-0.25, -0.2) is 0 Å². The lowest BCUT2D eigenvalue weighted by Crippen LogP contribution is -2.16. The normalized spacial score (nSPS) is 15.9. The van der Waals surface area contributed by atoms with E-state index in [4.69, 9.17) is 16.3 Å². The van der Waals surface area contributed by atoms with E-state index in [0.717, 1.165) is 22.3 Å². The molecule has 0 unspecified atom stereocenters. The molecule has 20 heavy (non-hydrogen) atoms. The van der Waals surface area contributed by atoms with Crippen LogP contribution in [0.2, 0.25) is 5.02 Å². The number of hydrogen-bond donors (Lipinski definition) is 0. The maximum absolute atomic E-state index is 12.4. The maximum Gasteiger partial charge on any atom is 0.227 e. The second-order valence-corrected chi connectivity index (χ2v) is 5.27. The van der Waals surface area contributed by atoms with Gasteiger partial charge in [-0.1, -0.05) is 47.5 Å². The molecule has 3 heteroatoms. The molecule has 0 saturated carbocycles. The van der Waals surface area contributed by atoms with E-state index in [9.17, 15) is 4.79 Å². The molecular weight excluding hydrogens is 272 g/mol. The summed E-state index contributed by atoms with van der Waals surface area (Å²) in [5.74, 6) is 0.310. The summed E-state index contributed by atoms with van der Waals surface area (Å²) in [5.41, 5.74) is 3.70. The van der Waals surface area contributed by atoms with E-state index in [1.165, 1.54) is 0 Å². The first kappa shape index (κ1) is 12.9. The van der Waals surface area contributed by atoms with Crippen LogP contribution >= 0.6 is 11.6 Å². The largest absolute Gasteiger partial charge is 0.485 e. The van der Waals surface area contributed by atoms with E-state index in [1.807, 2.05) is 37.3 Å². The average Bonchev–Trinajstić information content (AvgIpc) is 2.44. The number of Topliss-reactive ketones (excluding diaryl/α,β-unsaturated/α-hetero) is 1. The maximum atomic E-state index is 12.4. The third kappa shape index (κ3) is 2.47. The van der Waals surface area contributed by atoms with E-state index >= 15 is 0 Å². The van der Waals surface area contributed by atoms with Gasteiger partial charge in [0.2, 0.25) is 5.78 Å². The fourth-order valence-corrected chi connectivity index (χ4v) is 2.36. The van der Waals surface area contributed by atoms with Crippen LogP contribution in [0.5, 0.6) is 0 Å². The van der Waals surface area contributed by atoms with E-state index in [1.54, 1.807) is 18.2 Å². The average molecular weight is 285 g/mol. The van der Waals surface area contributed by atoms with Gasteiger partial charge in [0.1, 0.15) is 6.61 Å². The molecule has 0 N–H and O–H groups in total. The summed E-state index contributed by atoms with van der Waals surface area (Å²) in [7, 11) is 0. The Kier molecular flexibility index (Phi) is 3.33. The van der Waals surface area contributed by atoms with Gasteiger partial charge in [0.05, 0.1) is 0 Å². The topological polar surface area (TPSA) is 26.3 Å². The van der Waals surface area contributed by atoms with E-state index < -0.39 is 0 Å². The fourth-order valence-electron chi connectivity index (χ4n) is 2.23. The molecule has 1 heterocycles. The highest BCUT2D eigenvalue weighted by atomic mass is 35.5. The predicted molar refractivity (Wildman–Crippen MR) is 79.7 cm³/mol. The van der Waals surface area contributed by atoms with Gasteiger partial charge in [0, 0.05) is 16.1 Å². The van der Waals surface area contributed by atoms with Crippen molar-refractivity contribution in [3.05, 3.63) is 75.5 Å². The molecule has 1 aliphatic heterocycles. The highest BCUT2D eigenvalue weighted by Crippen LogP contribution is 2.25. The van der Waals surface area contributed by atoms with E-state index in [-0.39, 0.29) is 5.78 Å². The molecule has 100 valence electrons. The Balaban J connectivity index is 1.95. The Morgan fingerprint density at radius 2 is 1.90 bits per heavy atom. The third-order valence-electron chi connectivity index (χ3n) is 3.28. The van der Waals surface area contributed by atoms with Crippen molar-refractivity contribution in [1.82, 2.24) is 0 Å². The molecule has 0 aliphatic carbocycles. The quantitative estimate of drug-likeness (QED) is 0.726. The molecule has 0 spiro atoms.